The molecule has 3 heterocycles. The van der Waals surface area contributed by atoms with Crippen LogP contribution >= 0.6 is 0 Å². The molecule has 2 aromatic heterocycles. The number of carbonyl (C=O) groups is 1. The SMILES string of the molecule is CO[C@H]1CC[C@H](CCN2CC(=O)Nc3ncc(-c4ccc(C(C)(C)O)nc4)nc32)C1. The van der Waals surface area contributed by atoms with Crippen LogP contribution in [0.2, 0.25) is 0 Å². The molecule has 2 aliphatic rings. The van der Waals surface area contributed by atoms with Crippen molar-refractivity contribution in [3.63, 3.8) is 0 Å². The van der Waals surface area contributed by atoms with E-state index in [1.807, 2.05) is 11.0 Å². The maximum Gasteiger partial charge on any atom is 0.245 e. The number of nitrogens with one attached hydrogen (secondary N) is 1. The van der Waals surface area contributed by atoms with E-state index in [1.54, 1.807) is 39.4 Å². The van der Waals surface area contributed by atoms with Crippen LogP contribution in [0.15, 0.2) is 24.5 Å². The first-order chi connectivity index (χ1) is 14.3. The number of aromatic nitrogens is 3. The Morgan fingerprint density at radius 2 is 2.10 bits per heavy atom. The van der Waals surface area contributed by atoms with Crippen LogP contribution in [0.3, 0.4) is 0 Å². The first kappa shape index (κ1) is 20.7. The van der Waals surface area contributed by atoms with Crippen LogP contribution in [0.25, 0.3) is 11.3 Å². The highest BCUT2D eigenvalue weighted by atomic mass is 16.5. The van der Waals surface area contributed by atoms with E-state index in [0.29, 0.717) is 35.0 Å². The predicted octanol–water partition coefficient (Wildman–Crippen LogP) is 2.73. The average Bonchev–Trinajstić information content (AvgIpc) is 3.19. The van der Waals surface area contributed by atoms with Crippen molar-refractivity contribution in [3.05, 3.63) is 30.2 Å². The summed E-state index contributed by atoms with van der Waals surface area (Å²) >= 11 is 0. The lowest BCUT2D eigenvalue weighted by Crippen LogP contribution is -2.40. The molecule has 8 heteroatoms. The van der Waals surface area contributed by atoms with Crippen molar-refractivity contribution in [1.29, 1.82) is 0 Å². The maximum absolute atomic E-state index is 12.1. The van der Waals surface area contributed by atoms with Gasteiger partial charge in [-0.25, -0.2) is 9.97 Å². The number of rotatable bonds is 6. The van der Waals surface area contributed by atoms with Gasteiger partial charge in [0.25, 0.3) is 0 Å². The molecule has 1 amide bonds. The summed E-state index contributed by atoms with van der Waals surface area (Å²) in [6.45, 7) is 4.44. The highest BCUT2D eigenvalue weighted by Crippen LogP contribution is 2.33. The molecule has 0 bridgehead atoms. The molecule has 1 fully saturated rings. The second-order valence-corrected chi connectivity index (χ2v) is 8.71. The van der Waals surface area contributed by atoms with Crippen molar-refractivity contribution in [2.24, 2.45) is 5.92 Å². The molecule has 2 N–H and O–H groups in total. The smallest absolute Gasteiger partial charge is 0.245 e. The van der Waals surface area contributed by atoms with Crippen molar-refractivity contribution in [2.75, 3.05) is 30.4 Å². The van der Waals surface area contributed by atoms with E-state index >= 15 is 0 Å². The molecule has 8 nitrogen and oxygen atoms in total. The summed E-state index contributed by atoms with van der Waals surface area (Å²) in [6, 6.07) is 3.67. The number of aliphatic hydroxyl groups is 1. The summed E-state index contributed by atoms with van der Waals surface area (Å²) in [7, 11) is 1.78. The summed E-state index contributed by atoms with van der Waals surface area (Å²) in [5.41, 5.74) is 1.10. The zero-order valence-corrected chi connectivity index (χ0v) is 17.8. The van der Waals surface area contributed by atoms with Crippen LogP contribution in [-0.4, -0.2) is 52.3 Å². The predicted molar refractivity (Wildman–Crippen MR) is 114 cm³/mol. The van der Waals surface area contributed by atoms with Crippen LogP contribution in [0.1, 0.15) is 45.2 Å². The largest absolute Gasteiger partial charge is 0.384 e. The number of methoxy groups -OCH3 is 1. The summed E-state index contributed by atoms with van der Waals surface area (Å²) in [5, 5.41) is 12.9. The van der Waals surface area contributed by atoms with Gasteiger partial charge >= 0.3 is 0 Å². The molecule has 1 aliphatic carbocycles. The second kappa shape index (κ2) is 8.28. The molecule has 30 heavy (non-hydrogen) atoms. The molecular formula is C22H29N5O3. The average molecular weight is 412 g/mol. The molecule has 2 aromatic rings. The quantitative estimate of drug-likeness (QED) is 0.754. The third kappa shape index (κ3) is 4.44. The number of fused-ring (bicyclic) bond motifs is 1. The van der Waals surface area contributed by atoms with Crippen molar-refractivity contribution in [2.45, 2.75) is 51.2 Å². The third-order valence-electron chi connectivity index (χ3n) is 5.97. The number of amides is 1. The molecule has 0 saturated heterocycles. The van der Waals surface area contributed by atoms with Gasteiger partial charge in [0.15, 0.2) is 11.6 Å². The van der Waals surface area contributed by atoms with Crippen LogP contribution in [0.4, 0.5) is 11.6 Å². The van der Waals surface area contributed by atoms with Gasteiger partial charge < -0.3 is 20.1 Å². The first-order valence-electron chi connectivity index (χ1n) is 10.5. The molecule has 2 atom stereocenters. The topological polar surface area (TPSA) is 100 Å². The lowest BCUT2D eigenvalue weighted by atomic mass is 10.0. The second-order valence-electron chi connectivity index (χ2n) is 8.71. The third-order valence-corrected chi connectivity index (χ3v) is 5.97. The van der Waals surface area contributed by atoms with E-state index in [4.69, 9.17) is 9.72 Å². The molecule has 4 rings (SSSR count). The number of hydrogen-bond donors (Lipinski definition) is 2. The maximum atomic E-state index is 12.1. The molecule has 0 radical (unpaired) electrons. The number of anilines is 2. The number of nitrogens with zero attached hydrogens (tertiary/aromatic N) is 4. The fraction of sp³-hybridized carbons (Fsp3) is 0.545. The van der Waals surface area contributed by atoms with Gasteiger partial charge in [-0.15, -0.1) is 0 Å². The van der Waals surface area contributed by atoms with Gasteiger partial charge in [-0.05, 0) is 57.6 Å². The van der Waals surface area contributed by atoms with E-state index in [-0.39, 0.29) is 12.5 Å². The van der Waals surface area contributed by atoms with Crippen molar-refractivity contribution in [1.82, 2.24) is 15.0 Å². The zero-order valence-electron chi connectivity index (χ0n) is 17.8. The van der Waals surface area contributed by atoms with Gasteiger partial charge in [-0.2, -0.15) is 0 Å². The monoisotopic (exact) mass is 411 g/mol. The minimum absolute atomic E-state index is 0.0677. The molecule has 1 saturated carbocycles. The standard InChI is InChI=1S/C22H29N5O3/c1-22(2,29)18-7-5-15(11-23-18)17-12-24-20-21(25-17)27(13-19(28)26-20)9-8-14-4-6-16(10-14)30-3/h5,7,11-12,14,16,29H,4,6,8-10,13H2,1-3H3,(H,24,26,28)/t14-,16+/m1/s1. The van der Waals surface area contributed by atoms with Gasteiger partial charge in [0, 0.05) is 25.4 Å². The Bertz CT molecular complexity index is 910. The highest BCUT2D eigenvalue weighted by molar-refractivity contribution is 5.99. The summed E-state index contributed by atoms with van der Waals surface area (Å²) < 4.78 is 5.48. The molecule has 1 aliphatic heterocycles. The Balaban J connectivity index is 1.53. The number of ether oxygens (including phenoxy) is 1. The van der Waals surface area contributed by atoms with Crippen LogP contribution in [0, 0.1) is 5.92 Å². The number of hydrogen-bond acceptors (Lipinski definition) is 7. The lowest BCUT2D eigenvalue weighted by Gasteiger charge is -2.30. The lowest BCUT2D eigenvalue weighted by molar-refractivity contribution is -0.115. The van der Waals surface area contributed by atoms with Gasteiger partial charge in [-0.3, -0.25) is 9.78 Å². The van der Waals surface area contributed by atoms with Crippen LogP contribution < -0.4 is 10.2 Å². The Morgan fingerprint density at radius 3 is 2.77 bits per heavy atom. The summed E-state index contributed by atoms with van der Waals surface area (Å²) in [4.78, 5) is 27.7. The molecule has 0 spiro atoms. The Hall–Kier alpha value is -2.58. The van der Waals surface area contributed by atoms with Gasteiger partial charge in [0.2, 0.25) is 5.91 Å². The summed E-state index contributed by atoms with van der Waals surface area (Å²) in [6.07, 6.45) is 8.04. The van der Waals surface area contributed by atoms with E-state index in [1.165, 1.54) is 0 Å². The Labute approximate surface area is 176 Å². The van der Waals surface area contributed by atoms with Crippen molar-refractivity contribution in [3.8, 4) is 11.3 Å². The minimum atomic E-state index is -0.997. The molecule has 160 valence electrons. The van der Waals surface area contributed by atoms with E-state index < -0.39 is 5.60 Å². The Morgan fingerprint density at radius 1 is 1.27 bits per heavy atom. The van der Waals surface area contributed by atoms with Gasteiger partial charge in [0.05, 0.1) is 30.2 Å². The van der Waals surface area contributed by atoms with Crippen molar-refractivity contribution >= 4 is 17.5 Å². The molecular weight excluding hydrogens is 382 g/mol. The fourth-order valence-corrected chi connectivity index (χ4v) is 4.18. The van der Waals surface area contributed by atoms with E-state index in [2.05, 4.69) is 15.3 Å². The van der Waals surface area contributed by atoms with Crippen LogP contribution in [0.5, 0.6) is 0 Å². The fourth-order valence-electron chi connectivity index (χ4n) is 4.18. The summed E-state index contributed by atoms with van der Waals surface area (Å²) in [5.74, 6) is 1.73. The zero-order chi connectivity index (χ0) is 21.3. The van der Waals surface area contributed by atoms with Gasteiger partial charge in [0.1, 0.15) is 5.60 Å². The van der Waals surface area contributed by atoms with E-state index in [0.717, 1.165) is 37.8 Å². The first-order valence-corrected chi connectivity index (χ1v) is 10.5. The van der Waals surface area contributed by atoms with E-state index in [9.17, 15) is 9.90 Å². The molecule has 0 aromatic carbocycles. The van der Waals surface area contributed by atoms with Crippen molar-refractivity contribution < 1.29 is 14.6 Å². The highest BCUT2D eigenvalue weighted by Gasteiger charge is 2.28. The molecule has 0 unspecified atom stereocenters. The minimum Gasteiger partial charge on any atom is -0.384 e. The normalized spacial score (nSPS) is 21.5. The number of pyridine rings is 1. The van der Waals surface area contributed by atoms with Gasteiger partial charge in [-0.1, -0.05) is 0 Å². The van der Waals surface area contributed by atoms with Crippen LogP contribution in [-0.2, 0) is 15.1 Å². The Kier molecular flexibility index (Phi) is 5.71. The number of carbonyl (C=O) groups excluding carboxylic acids is 1.